The second-order valence-corrected chi connectivity index (χ2v) is 7.37. The number of carbonyl (C=O) groups is 1. The second-order valence-electron chi connectivity index (χ2n) is 6.46. The standard InChI is InChI=1S/C18H28BrNO4/c1-5-6-9-22-15-11-14(19)12-16(13-15)23-10-7-8-20-17(21)24-18(2,3)4/h11-13H,5-10H2,1-4H3,(H,20,21). The molecule has 1 N–H and O–H groups in total. The van der Waals surface area contributed by atoms with Gasteiger partial charge in [0.15, 0.2) is 0 Å². The Labute approximate surface area is 153 Å². The Kier molecular flexibility index (Phi) is 8.97. The SMILES string of the molecule is CCCCOc1cc(Br)cc(OCCCNC(=O)OC(C)(C)C)c1. The minimum absolute atomic E-state index is 0.406. The number of nitrogens with one attached hydrogen (secondary N) is 1. The summed E-state index contributed by atoms with van der Waals surface area (Å²) in [6, 6.07) is 5.70. The predicted molar refractivity (Wildman–Crippen MR) is 98.9 cm³/mol. The first-order valence-electron chi connectivity index (χ1n) is 8.33. The highest BCUT2D eigenvalue weighted by Gasteiger charge is 2.15. The molecule has 1 aromatic rings. The number of halogens is 1. The Morgan fingerprint density at radius 3 is 2.21 bits per heavy atom. The number of hydrogen-bond acceptors (Lipinski definition) is 4. The van der Waals surface area contributed by atoms with Crippen LogP contribution in [0.25, 0.3) is 0 Å². The van der Waals surface area contributed by atoms with E-state index in [0.29, 0.717) is 26.2 Å². The average Bonchev–Trinajstić information content (AvgIpc) is 2.45. The van der Waals surface area contributed by atoms with E-state index < -0.39 is 11.7 Å². The molecule has 0 aliphatic heterocycles. The Morgan fingerprint density at radius 1 is 1.08 bits per heavy atom. The number of unbranched alkanes of at least 4 members (excludes halogenated alkanes) is 1. The molecule has 0 radical (unpaired) electrons. The summed E-state index contributed by atoms with van der Waals surface area (Å²) in [6.07, 6.45) is 2.41. The molecule has 0 atom stereocenters. The maximum absolute atomic E-state index is 11.5. The lowest BCUT2D eigenvalue weighted by Crippen LogP contribution is -2.33. The van der Waals surface area contributed by atoms with Crippen LogP contribution in [0, 0.1) is 0 Å². The first kappa shape index (κ1) is 20.6. The zero-order valence-corrected chi connectivity index (χ0v) is 16.6. The molecule has 0 unspecified atom stereocenters. The van der Waals surface area contributed by atoms with Crippen molar-refractivity contribution >= 4 is 22.0 Å². The highest BCUT2D eigenvalue weighted by Crippen LogP contribution is 2.26. The summed E-state index contributed by atoms with van der Waals surface area (Å²) < 4.78 is 17.5. The van der Waals surface area contributed by atoms with Gasteiger partial charge in [0.2, 0.25) is 0 Å². The van der Waals surface area contributed by atoms with Gasteiger partial charge in [0.25, 0.3) is 0 Å². The second kappa shape index (κ2) is 10.4. The van der Waals surface area contributed by atoms with Crippen molar-refractivity contribution in [1.29, 1.82) is 0 Å². The van der Waals surface area contributed by atoms with E-state index in [1.165, 1.54) is 0 Å². The van der Waals surface area contributed by atoms with Crippen LogP contribution in [0.4, 0.5) is 4.79 Å². The predicted octanol–water partition coefficient (Wildman–Crippen LogP) is 4.92. The smallest absolute Gasteiger partial charge is 0.407 e. The van der Waals surface area contributed by atoms with E-state index in [2.05, 4.69) is 28.2 Å². The Hall–Kier alpha value is -1.43. The monoisotopic (exact) mass is 401 g/mol. The van der Waals surface area contributed by atoms with Crippen LogP contribution in [-0.2, 0) is 4.74 Å². The molecular weight excluding hydrogens is 374 g/mol. The molecule has 24 heavy (non-hydrogen) atoms. The summed E-state index contributed by atoms with van der Waals surface area (Å²) in [5.74, 6) is 1.54. The molecule has 0 spiro atoms. The van der Waals surface area contributed by atoms with Crippen LogP contribution in [-0.4, -0.2) is 31.5 Å². The minimum Gasteiger partial charge on any atom is -0.493 e. The highest BCUT2D eigenvalue weighted by atomic mass is 79.9. The number of rotatable bonds is 9. The zero-order valence-electron chi connectivity index (χ0n) is 15.0. The van der Waals surface area contributed by atoms with Crippen LogP contribution < -0.4 is 14.8 Å². The molecule has 0 heterocycles. The summed E-state index contributed by atoms with van der Waals surface area (Å²) >= 11 is 3.46. The fourth-order valence-corrected chi connectivity index (χ4v) is 2.26. The topological polar surface area (TPSA) is 56.8 Å². The molecular formula is C18H28BrNO4. The fraction of sp³-hybridized carbons (Fsp3) is 0.611. The average molecular weight is 402 g/mol. The number of ether oxygens (including phenoxy) is 3. The number of amides is 1. The van der Waals surface area contributed by atoms with Crippen molar-refractivity contribution in [3.8, 4) is 11.5 Å². The molecule has 5 nitrogen and oxygen atoms in total. The van der Waals surface area contributed by atoms with E-state index >= 15 is 0 Å². The van der Waals surface area contributed by atoms with Crippen molar-refractivity contribution < 1.29 is 19.0 Å². The normalized spacial score (nSPS) is 11.0. The van der Waals surface area contributed by atoms with E-state index in [9.17, 15) is 4.79 Å². The van der Waals surface area contributed by atoms with Gasteiger partial charge in [0.05, 0.1) is 13.2 Å². The van der Waals surface area contributed by atoms with Crippen LogP contribution in [0.3, 0.4) is 0 Å². The van der Waals surface area contributed by atoms with Crippen molar-refractivity contribution in [2.75, 3.05) is 19.8 Å². The van der Waals surface area contributed by atoms with Crippen LogP contribution in [0.5, 0.6) is 11.5 Å². The maximum atomic E-state index is 11.5. The van der Waals surface area contributed by atoms with Gasteiger partial charge in [0, 0.05) is 17.1 Å². The van der Waals surface area contributed by atoms with Gasteiger partial charge in [0.1, 0.15) is 17.1 Å². The van der Waals surface area contributed by atoms with E-state index in [-0.39, 0.29) is 0 Å². The quantitative estimate of drug-likeness (QED) is 0.596. The third-order valence-corrected chi connectivity index (χ3v) is 3.33. The first-order chi connectivity index (χ1) is 11.3. The van der Waals surface area contributed by atoms with Gasteiger partial charge in [-0.1, -0.05) is 29.3 Å². The van der Waals surface area contributed by atoms with Crippen molar-refractivity contribution in [1.82, 2.24) is 5.32 Å². The van der Waals surface area contributed by atoms with E-state index in [4.69, 9.17) is 14.2 Å². The molecule has 1 amide bonds. The van der Waals surface area contributed by atoms with Gasteiger partial charge in [-0.25, -0.2) is 4.79 Å². The third-order valence-electron chi connectivity index (χ3n) is 2.87. The molecule has 1 rings (SSSR count). The molecule has 6 heteroatoms. The lowest BCUT2D eigenvalue weighted by molar-refractivity contribution is 0.0525. The molecule has 0 aliphatic carbocycles. The molecule has 1 aromatic carbocycles. The number of carbonyl (C=O) groups excluding carboxylic acids is 1. The van der Waals surface area contributed by atoms with Gasteiger partial charge < -0.3 is 19.5 Å². The zero-order chi connectivity index (χ0) is 18.0. The summed E-state index contributed by atoms with van der Waals surface area (Å²) in [4.78, 5) is 11.5. The molecule has 0 aromatic heterocycles. The number of benzene rings is 1. The van der Waals surface area contributed by atoms with Crippen LogP contribution in [0.2, 0.25) is 0 Å². The van der Waals surface area contributed by atoms with Crippen molar-refractivity contribution in [2.24, 2.45) is 0 Å². The number of alkyl carbamates (subject to hydrolysis) is 1. The lowest BCUT2D eigenvalue weighted by Gasteiger charge is -2.19. The number of hydrogen-bond donors (Lipinski definition) is 1. The molecule has 0 aliphatic rings. The summed E-state index contributed by atoms with van der Waals surface area (Å²) in [5, 5.41) is 2.71. The lowest BCUT2D eigenvalue weighted by atomic mass is 10.2. The van der Waals surface area contributed by atoms with Crippen LogP contribution in [0.1, 0.15) is 47.0 Å². The maximum Gasteiger partial charge on any atom is 0.407 e. The summed E-state index contributed by atoms with van der Waals surface area (Å²) in [5.41, 5.74) is -0.481. The fourth-order valence-electron chi connectivity index (χ4n) is 1.80. The molecule has 0 saturated heterocycles. The third kappa shape index (κ3) is 9.65. The largest absolute Gasteiger partial charge is 0.493 e. The van der Waals surface area contributed by atoms with Gasteiger partial charge in [-0.15, -0.1) is 0 Å². The highest BCUT2D eigenvalue weighted by molar-refractivity contribution is 9.10. The molecule has 136 valence electrons. The van der Waals surface area contributed by atoms with E-state index in [0.717, 1.165) is 28.8 Å². The van der Waals surface area contributed by atoms with E-state index in [1.54, 1.807) is 0 Å². The molecule has 0 bridgehead atoms. The Balaban J connectivity index is 2.30. The minimum atomic E-state index is -0.481. The van der Waals surface area contributed by atoms with Crippen molar-refractivity contribution in [3.63, 3.8) is 0 Å². The summed E-state index contributed by atoms with van der Waals surface area (Å²) in [6.45, 7) is 9.34. The van der Waals surface area contributed by atoms with Crippen molar-refractivity contribution in [3.05, 3.63) is 22.7 Å². The molecule has 0 saturated carbocycles. The van der Waals surface area contributed by atoms with Gasteiger partial charge in [-0.3, -0.25) is 0 Å². The van der Waals surface area contributed by atoms with Gasteiger partial charge >= 0.3 is 6.09 Å². The Bertz CT molecular complexity index is 514. The summed E-state index contributed by atoms with van der Waals surface area (Å²) in [7, 11) is 0. The van der Waals surface area contributed by atoms with Crippen LogP contribution >= 0.6 is 15.9 Å². The Morgan fingerprint density at radius 2 is 1.67 bits per heavy atom. The van der Waals surface area contributed by atoms with Crippen LogP contribution in [0.15, 0.2) is 22.7 Å². The first-order valence-corrected chi connectivity index (χ1v) is 9.12. The van der Waals surface area contributed by atoms with E-state index in [1.807, 2.05) is 39.0 Å². The van der Waals surface area contributed by atoms with Gasteiger partial charge in [-0.2, -0.15) is 0 Å². The molecule has 0 fully saturated rings. The van der Waals surface area contributed by atoms with Gasteiger partial charge in [-0.05, 0) is 45.7 Å². The van der Waals surface area contributed by atoms with Crippen molar-refractivity contribution in [2.45, 2.75) is 52.6 Å².